The third-order valence-electron chi connectivity index (χ3n) is 3.99. The maximum Gasteiger partial charge on any atom is 0.0630 e. The highest BCUT2D eigenvalue weighted by atomic mass is 35.5. The number of methoxy groups -OCH3 is 1. The fourth-order valence-electron chi connectivity index (χ4n) is 2.81. The molecule has 1 atom stereocenters. The van der Waals surface area contributed by atoms with E-state index in [2.05, 4.69) is 28.1 Å². The highest BCUT2D eigenvalue weighted by Crippen LogP contribution is 2.21. The van der Waals surface area contributed by atoms with E-state index in [1.807, 2.05) is 18.2 Å². The van der Waals surface area contributed by atoms with Crippen LogP contribution in [0.2, 0.25) is 5.02 Å². The lowest BCUT2D eigenvalue weighted by atomic mass is 10.2. The van der Waals surface area contributed by atoms with Gasteiger partial charge in [0.15, 0.2) is 0 Å². The Labute approximate surface area is 133 Å². The minimum Gasteiger partial charge on any atom is -0.383 e. The van der Waals surface area contributed by atoms with Crippen molar-refractivity contribution in [2.24, 2.45) is 0 Å². The molecule has 0 radical (unpaired) electrons. The number of ether oxygens (including phenoxy) is 1. The number of nitrogens with one attached hydrogen (secondary N) is 1. The standard InChI is InChI=1S/C16H26ClN3O/c1-3-18-12-16(13-21-2)20-9-7-19(8-10-20)15-6-4-5-14(17)11-15/h4-6,11,16,18H,3,7-10,12-13H2,1-2H3. The first kappa shape index (κ1) is 16.6. The zero-order chi connectivity index (χ0) is 15.1. The summed E-state index contributed by atoms with van der Waals surface area (Å²) in [6, 6.07) is 8.57. The van der Waals surface area contributed by atoms with Crippen LogP contribution >= 0.6 is 11.6 Å². The lowest BCUT2D eigenvalue weighted by Gasteiger charge is -2.40. The van der Waals surface area contributed by atoms with E-state index in [4.69, 9.17) is 16.3 Å². The molecule has 1 heterocycles. The van der Waals surface area contributed by atoms with Crippen LogP contribution in [0, 0.1) is 0 Å². The number of piperazine rings is 1. The minimum atomic E-state index is 0.455. The van der Waals surface area contributed by atoms with Crippen LogP contribution in [0.4, 0.5) is 5.69 Å². The first-order valence-corrected chi connectivity index (χ1v) is 8.06. The molecular weight excluding hydrogens is 286 g/mol. The summed E-state index contributed by atoms with van der Waals surface area (Å²) < 4.78 is 5.37. The van der Waals surface area contributed by atoms with Gasteiger partial charge < -0.3 is 15.0 Å². The number of hydrogen-bond acceptors (Lipinski definition) is 4. The maximum atomic E-state index is 6.08. The van der Waals surface area contributed by atoms with E-state index in [1.165, 1.54) is 5.69 Å². The molecule has 0 aliphatic carbocycles. The lowest BCUT2D eigenvalue weighted by molar-refractivity contribution is 0.0855. The average Bonchev–Trinajstić information content (AvgIpc) is 2.52. The molecule has 5 heteroatoms. The van der Waals surface area contributed by atoms with Crippen molar-refractivity contribution in [2.45, 2.75) is 13.0 Å². The van der Waals surface area contributed by atoms with Gasteiger partial charge in [-0.1, -0.05) is 24.6 Å². The van der Waals surface area contributed by atoms with Gasteiger partial charge in [0.05, 0.1) is 6.61 Å². The molecule has 1 aliphatic heterocycles. The van der Waals surface area contributed by atoms with E-state index in [0.29, 0.717) is 6.04 Å². The topological polar surface area (TPSA) is 27.7 Å². The zero-order valence-electron chi connectivity index (χ0n) is 13.0. The van der Waals surface area contributed by atoms with Crippen molar-refractivity contribution < 1.29 is 4.74 Å². The van der Waals surface area contributed by atoms with Crippen LogP contribution in [0.25, 0.3) is 0 Å². The highest BCUT2D eigenvalue weighted by molar-refractivity contribution is 6.30. The smallest absolute Gasteiger partial charge is 0.0630 e. The molecule has 0 saturated carbocycles. The first-order chi connectivity index (χ1) is 10.2. The molecule has 4 nitrogen and oxygen atoms in total. The van der Waals surface area contributed by atoms with Crippen LogP contribution in [0.3, 0.4) is 0 Å². The van der Waals surface area contributed by atoms with Gasteiger partial charge in [-0.05, 0) is 24.7 Å². The van der Waals surface area contributed by atoms with Crippen molar-refractivity contribution in [3.05, 3.63) is 29.3 Å². The molecule has 1 fully saturated rings. The molecule has 1 aromatic rings. The number of hydrogen-bond donors (Lipinski definition) is 1. The summed E-state index contributed by atoms with van der Waals surface area (Å²) in [5.41, 5.74) is 1.22. The Kier molecular flexibility index (Phi) is 6.77. The summed E-state index contributed by atoms with van der Waals surface area (Å²) in [6.07, 6.45) is 0. The molecular formula is C16H26ClN3O. The molecule has 1 N–H and O–H groups in total. The Morgan fingerprint density at radius 3 is 2.67 bits per heavy atom. The Morgan fingerprint density at radius 2 is 2.05 bits per heavy atom. The zero-order valence-corrected chi connectivity index (χ0v) is 13.8. The molecule has 0 amide bonds. The fourth-order valence-corrected chi connectivity index (χ4v) is 3.00. The number of benzene rings is 1. The van der Waals surface area contributed by atoms with Gasteiger partial charge in [-0.25, -0.2) is 0 Å². The molecule has 2 rings (SSSR count). The molecule has 1 aromatic carbocycles. The molecule has 1 aliphatic rings. The van der Waals surface area contributed by atoms with Gasteiger partial charge in [-0.3, -0.25) is 4.90 Å². The molecule has 118 valence electrons. The van der Waals surface area contributed by atoms with Crippen molar-refractivity contribution in [3.63, 3.8) is 0 Å². The van der Waals surface area contributed by atoms with Gasteiger partial charge in [-0.2, -0.15) is 0 Å². The number of halogens is 1. The van der Waals surface area contributed by atoms with Gasteiger partial charge in [-0.15, -0.1) is 0 Å². The summed E-state index contributed by atoms with van der Waals surface area (Å²) in [7, 11) is 1.78. The third kappa shape index (κ3) is 4.85. The van der Waals surface area contributed by atoms with E-state index < -0.39 is 0 Å². The Balaban J connectivity index is 1.89. The van der Waals surface area contributed by atoms with E-state index >= 15 is 0 Å². The van der Waals surface area contributed by atoms with E-state index in [-0.39, 0.29) is 0 Å². The molecule has 1 unspecified atom stereocenters. The quantitative estimate of drug-likeness (QED) is 0.834. The van der Waals surface area contributed by atoms with Crippen molar-refractivity contribution in [3.8, 4) is 0 Å². The predicted octanol–water partition coefficient (Wildman–Crippen LogP) is 2.09. The second kappa shape index (κ2) is 8.59. The van der Waals surface area contributed by atoms with Crippen LogP contribution in [-0.2, 0) is 4.74 Å². The van der Waals surface area contributed by atoms with Crippen LogP contribution in [0.1, 0.15) is 6.92 Å². The summed E-state index contributed by atoms with van der Waals surface area (Å²) in [5.74, 6) is 0. The Morgan fingerprint density at radius 1 is 1.29 bits per heavy atom. The summed E-state index contributed by atoms with van der Waals surface area (Å²) in [6.45, 7) is 9.10. The number of rotatable bonds is 7. The van der Waals surface area contributed by atoms with Gasteiger partial charge in [0.1, 0.15) is 0 Å². The van der Waals surface area contributed by atoms with Crippen molar-refractivity contribution >= 4 is 17.3 Å². The largest absolute Gasteiger partial charge is 0.383 e. The normalized spacial score (nSPS) is 18.0. The fraction of sp³-hybridized carbons (Fsp3) is 0.625. The monoisotopic (exact) mass is 311 g/mol. The number of anilines is 1. The molecule has 21 heavy (non-hydrogen) atoms. The Hall–Kier alpha value is -0.810. The molecule has 0 spiro atoms. The van der Waals surface area contributed by atoms with Crippen molar-refractivity contribution in [1.29, 1.82) is 0 Å². The SMILES string of the molecule is CCNCC(COC)N1CCN(c2cccc(Cl)c2)CC1. The highest BCUT2D eigenvalue weighted by Gasteiger charge is 2.23. The summed E-state index contributed by atoms with van der Waals surface area (Å²) >= 11 is 6.08. The van der Waals surface area contributed by atoms with Gasteiger partial charge in [0.25, 0.3) is 0 Å². The average molecular weight is 312 g/mol. The predicted molar refractivity (Wildman–Crippen MR) is 89.4 cm³/mol. The minimum absolute atomic E-state index is 0.455. The third-order valence-corrected chi connectivity index (χ3v) is 4.23. The van der Waals surface area contributed by atoms with Gasteiger partial charge >= 0.3 is 0 Å². The summed E-state index contributed by atoms with van der Waals surface area (Å²) in [4.78, 5) is 4.92. The van der Waals surface area contributed by atoms with E-state index in [9.17, 15) is 0 Å². The summed E-state index contributed by atoms with van der Waals surface area (Å²) in [5, 5.41) is 4.23. The second-order valence-electron chi connectivity index (χ2n) is 5.42. The van der Waals surface area contributed by atoms with Crippen molar-refractivity contribution in [2.75, 3.05) is 57.9 Å². The molecule has 1 saturated heterocycles. The second-order valence-corrected chi connectivity index (χ2v) is 5.86. The Bertz CT molecular complexity index is 422. The first-order valence-electron chi connectivity index (χ1n) is 7.68. The maximum absolute atomic E-state index is 6.08. The molecule has 0 bridgehead atoms. The van der Waals surface area contributed by atoms with Crippen LogP contribution in [0.5, 0.6) is 0 Å². The van der Waals surface area contributed by atoms with Gasteiger partial charge in [0, 0.05) is 56.6 Å². The van der Waals surface area contributed by atoms with E-state index in [0.717, 1.165) is 50.9 Å². The number of nitrogens with zero attached hydrogens (tertiary/aromatic N) is 2. The van der Waals surface area contributed by atoms with Crippen LogP contribution in [-0.4, -0.2) is 63.9 Å². The molecule has 0 aromatic heterocycles. The van der Waals surface area contributed by atoms with Crippen LogP contribution in [0.15, 0.2) is 24.3 Å². The van der Waals surface area contributed by atoms with E-state index in [1.54, 1.807) is 7.11 Å². The van der Waals surface area contributed by atoms with Crippen LogP contribution < -0.4 is 10.2 Å². The number of likely N-dealkylation sites (N-methyl/N-ethyl adjacent to an activating group) is 1. The van der Waals surface area contributed by atoms with Crippen molar-refractivity contribution in [1.82, 2.24) is 10.2 Å². The van der Waals surface area contributed by atoms with Gasteiger partial charge in [0.2, 0.25) is 0 Å². The lowest BCUT2D eigenvalue weighted by Crippen LogP contribution is -2.54.